The van der Waals surface area contributed by atoms with Crippen LogP contribution in [0.25, 0.3) is 0 Å². The van der Waals surface area contributed by atoms with Crippen molar-refractivity contribution in [2.24, 2.45) is 0 Å². The maximum atomic E-state index is 15.3. The molecule has 14 heteroatoms. The summed E-state index contributed by atoms with van der Waals surface area (Å²) in [6.45, 7) is 11.1. The molecule has 0 fully saturated rings. The van der Waals surface area contributed by atoms with E-state index in [1.807, 2.05) is 0 Å². The van der Waals surface area contributed by atoms with E-state index in [2.05, 4.69) is 0 Å². The van der Waals surface area contributed by atoms with E-state index in [1.165, 1.54) is 55.4 Å². The van der Waals surface area contributed by atoms with Gasteiger partial charge < -0.3 is 11.5 Å². The lowest BCUT2D eigenvalue weighted by Crippen LogP contribution is -2.69. The number of halogens is 12. The van der Waals surface area contributed by atoms with Crippen molar-refractivity contribution in [3.05, 3.63) is 57.6 Å². The molecule has 2 rings (SSSR count). The van der Waals surface area contributed by atoms with E-state index in [-0.39, 0.29) is 70.7 Å². The smallest absolute Gasteiger partial charge is 0.385 e. The van der Waals surface area contributed by atoms with Crippen molar-refractivity contribution in [2.45, 2.75) is 115 Å². The maximum Gasteiger partial charge on any atom is 0.385 e. The summed E-state index contributed by atoms with van der Waals surface area (Å²) in [6, 6.07) is 1.07. The molecular weight excluding hydrogens is 616 g/mol. The van der Waals surface area contributed by atoms with Crippen LogP contribution in [0.1, 0.15) is 88.8 Å². The highest BCUT2D eigenvalue weighted by atomic mass is 19.4. The second-order valence-corrected chi connectivity index (χ2v) is 12.8. The summed E-state index contributed by atoms with van der Waals surface area (Å²) in [7, 11) is 0. The molecule has 250 valence electrons. The predicted octanol–water partition coefficient (Wildman–Crippen LogP) is 10.00. The predicted molar refractivity (Wildman–Crippen MR) is 145 cm³/mol. The zero-order valence-electron chi connectivity index (χ0n) is 25.4. The van der Waals surface area contributed by atoms with Gasteiger partial charge in [0.1, 0.15) is 0 Å². The normalized spacial score (nSPS) is 14.7. The van der Waals surface area contributed by atoms with Gasteiger partial charge in [-0.3, -0.25) is 0 Å². The molecule has 0 aliphatic rings. The van der Waals surface area contributed by atoms with Gasteiger partial charge in [0.15, 0.2) is 0 Å². The Kier molecular flexibility index (Phi) is 9.28. The van der Waals surface area contributed by atoms with Crippen molar-refractivity contribution in [3.8, 4) is 0 Å². The average molecular weight is 653 g/mol. The standard InChI is InChI=1S/C30H36F12N2/c1-9-15-11-17(13-19(21(15)43)23(3,4)5)25(31,32)27(35,36)29(39,40)30(41,42)28(37,38)26(33,34)18-12-16(10-2)22(44)20(14-18)24(6,7)8/h11-14H,9-10,43-44H2,1-8H3. The Hall–Kier alpha value is -2.80. The largest absolute Gasteiger partial charge is 0.398 e. The molecule has 2 nitrogen and oxygen atoms in total. The van der Waals surface area contributed by atoms with Crippen LogP contribution in [0.15, 0.2) is 24.3 Å². The third-order valence-corrected chi connectivity index (χ3v) is 7.61. The Balaban J connectivity index is 2.82. The van der Waals surface area contributed by atoms with Crippen LogP contribution >= 0.6 is 0 Å². The number of anilines is 2. The van der Waals surface area contributed by atoms with Gasteiger partial charge in [-0.05, 0) is 70.2 Å². The van der Waals surface area contributed by atoms with Gasteiger partial charge in [0.25, 0.3) is 0 Å². The topological polar surface area (TPSA) is 52.0 Å². The van der Waals surface area contributed by atoms with Crippen LogP contribution in [-0.4, -0.2) is 23.7 Å². The molecule has 4 N–H and O–H groups in total. The summed E-state index contributed by atoms with van der Waals surface area (Å²) in [4.78, 5) is 0. The summed E-state index contributed by atoms with van der Waals surface area (Å²) in [6.07, 6.45) is -0.391. The second kappa shape index (κ2) is 10.9. The first-order valence-electron chi connectivity index (χ1n) is 13.5. The van der Waals surface area contributed by atoms with Gasteiger partial charge in [-0.15, -0.1) is 0 Å². The van der Waals surface area contributed by atoms with E-state index in [0.717, 1.165) is 0 Å². The summed E-state index contributed by atoms with van der Waals surface area (Å²) in [5.74, 6) is -42.6. The minimum Gasteiger partial charge on any atom is -0.398 e. The third-order valence-electron chi connectivity index (χ3n) is 7.61. The van der Waals surface area contributed by atoms with Crippen molar-refractivity contribution in [2.75, 3.05) is 11.5 Å². The van der Waals surface area contributed by atoms with Crippen LogP contribution in [0.4, 0.5) is 64.1 Å². The number of rotatable bonds is 9. The van der Waals surface area contributed by atoms with Gasteiger partial charge in [-0.1, -0.05) is 55.4 Å². The zero-order chi connectivity index (χ0) is 34.9. The fourth-order valence-electron chi connectivity index (χ4n) is 4.77. The van der Waals surface area contributed by atoms with Crippen molar-refractivity contribution in [1.29, 1.82) is 0 Å². The highest BCUT2D eigenvalue weighted by Gasteiger charge is 2.90. The van der Waals surface area contributed by atoms with E-state index >= 15 is 35.1 Å². The molecule has 0 aliphatic carbocycles. The summed E-state index contributed by atoms with van der Waals surface area (Å²) >= 11 is 0. The Morgan fingerprint density at radius 3 is 0.909 bits per heavy atom. The van der Waals surface area contributed by atoms with E-state index < -0.39 is 57.5 Å². The molecule has 0 radical (unpaired) electrons. The molecule has 0 heterocycles. The molecular formula is C30H36F12N2. The molecule has 0 unspecified atom stereocenters. The monoisotopic (exact) mass is 652 g/mol. The Morgan fingerprint density at radius 2 is 0.705 bits per heavy atom. The Bertz CT molecular complexity index is 1280. The van der Waals surface area contributed by atoms with Crippen molar-refractivity contribution >= 4 is 11.4 Å². The third kappa shape index (κ3) is 5.48. The van der Waals surface area contributed by atoms with Crippen molar-refractivity contribution < 1.29 is 52.7 Å². The van der Waals surface area contributed by atoms with Gasteiger partial charge >= 0.3 is 35.5 Å². The molecule has 0 atom stereocenters. The van der Waals surface area contributed by atoms with Crippen LogP contribution in [0.3, 0.4) is 0 Å². The van der Waals surface area contributed by atoms with Gasteiger partial charge in [0, 0.05) is 22.5 Å². The van der Waals surface area contributed by atoms with Crippen molar-refractivity contribution in [3.63, 3.8) is 0 Å². The summed E-state index contributed by atoms with van der Waals surface area (Å²) in [5.41, 5.74) is 4.26. The van der Waals surface area contributed by atoms with E-state index in [4.69, 9.17) is 11.5 Å². The van der Waals surface area contributed by atoms with Crippen LogP contribution in [0.5, 0.6) is 0 Å². The second-order valence-electron chi connectivity index (χ2n) is 12.8. The van der Waals surface area contributed by atoms with E-state index in [9.17, 15) is 17.6 Å². The summed E-state index contributed by atoms with van der Waals surface area (Å²) in [5, 5.41) is 0. The van der Waals surface area contributed by atoms with Gasteiger partial charge in [-0.25, -0.2) is 0 Å². The first-order valence-corrected chi connectivity index (χ1v) is 13.5. The first kappa shape index (κ1) is 37.4. The Morgan fingerprint density at radius 1 is 0.455 bits per heavy atom. The van der Waals surface area contributed by atoms with Gasteiger partial charge in [0.05, 0.1) is 0 Å². The molecule has 0 bridgehead atoms. The van der Waals surface area contributed by atoms with Crippen LogP contribution < -0.4 is 11.5 Å². The SMILES string of the molecule is CCc1cc(C(F)(F)C(F)(F)C(F)(F)C(F)(F)C(F)(F)C(F)(F)c2cc(CC)c(N)c(C(C)(C)C)c2)cc(C(C)(C)C)c1N. The van der Waals surface area contributed by atoms with Crippen LogP contribution in [-0.2, 0) is 35.5 Å². The molecule has 0 aliphatic heterocycles. The van der Waals surface area contributed by atoms with Crippen molar-refractivity contribution in [1.82, 2.24) is 0 Å². The number of alkyl halides is 12. The quantitative estimate of drug-likeness (QED) is 0.209. The van der Waals surface area contributed by atoms with Gasteiger partial charge in [-0.2, -0.15) is 52.7 Å². The maximum absolute atomic E-state index is 15.3. The highest BCUT2D eigenvalue weighted by Crippen LogP contribution is 2.64. The lowest BCUT2D eigenvalue weighted by molar-refractivity contribution is -0.429. The molecule has 44 heavy (non-hydrogen) atoms. The highest BCUT2D eigenvalue weighted by molar-refractivity contribution is 5.60. The Labute approximate surface area is 248 Å². The molecule has 0 saturated carbocycles. The lowest BCUT2D eigenvalue weighted by atomic mass is 9.80. The molecule has 0 saturated heterocycles. The van der Waals surface area contributed by atoms with E-state index in [1.54, 1.807) is 0 Å². The average Bonchev–Trinajstić information content (AvgIpc) is 2.86. The molecule has 0 aromatic heterocycles. The molecule has 2 aromatic rings. The lowest BCUT2D eigenvalue weighted by Gasteiger charge is -2.42. The molecule has 0 spiro atoms. The first-order chi connectivity index (χ1) is 19.4. The van der Waals surface area contributed by atoms with E-state index in [0.29, 0.717) is 0 Å². The minimum atomic E-state index is -7.72. The number of nitrogens with two attached hydrogens (primary N) is 2. The molecule has 2 aromatic carbocycles. The van der Waals surface area contributed by atoms with Crippen LogP contribution in [0, 0.1) is 0 Å². The minimum absolute atomic E-state index is 0.171. The molecule has 0 amide bonds. The fraction of sp³-hybridized carbons (Fsp3) is 0.600. The fourth-order valence-corrected chi connectivity index (χ4v) is 4.77. The zero-order valence-corrected chi connectivity index (χ0v) is 25.4. The number of benzene rings is 2. The van der Waals surface area contributed by atoms with Gasteiger partial charge in [0.2, 0.25) is 0 Å². The number of hydrogen-bond donors (Lipinski definition) is 2. The summed E-state index contributed by atoms with van der Waals surface area (Å²) < 4.78 is 181. The number of nitrogen functional groups attached to an aromatic ring is 2. The number of hydrogen-bond acceptors (Lipinski definition) is 2. The van der Waals surface area contributed by atoms with Crippen LogP contribution in [0.2, 0.25) is 0 Å². The number of aryl methyl sites for hydroxylation is 2.